The summed E-state index contributed by atoms with van der Waals surface area (Å²) in [5, 5.41) is 4.13. The van der Waals surface area contributed by atoms with Crippen LogP contribution in [-0.4, -0.2) is 30.3 Å². The predicted molar refractivity (Wildman–Crippen MR) is 90.0 cm³/mol. The average molecular weight is 325 g/mol. The van der Waals surface area contributed by atoms with Crippen LogP contribution in [-0.2, 0) is 14.3 Å². The zero-order valence-corrected chi connectivity index (χ0v) is 15.0. The lowest BCUT2D eigenvalue weighted by atomic mass is 9.81. The van der Waals surface area contributed by atoms with E-state index in [-0.39, 0.29) is 11.6 Å². The first-order chi connectivity index (χ1) is 10.8. The fourth-order valence-electron chi connectivity index (χ4n) is 3.40. The van der Waals surface area contributed by atoms with Gasteiger partial charge in [-0.2, -0.15) is 0 Å². The quantitative estimate of drug-likeness (QED) is 0.201. The summed E-state index contributed by atoms with van der Waals surface area (Å²) in [5.74, 6) is 0.123. The van der Waals surface area contributed by atoms with Crippen molar-refractivity contribution in [2.45, 2.75) is 83.8 Å². The standard InChI is InChI=1S/C17H31N3O3/c1-5-22-15(21)10-12-17(19-20-18)11-6-8-14(17)9-7-13-23-16(2,3)4/h14H,5-13H2,1-4H3/t14-,17?/m1/s1. The van der Waals surface area contributed by atoms with E-state index < -0.39 is 5.54 Å². The minimum absolute atomic E-state index is 0.124. The Labute approximate surface area is 139 Å². The Morgan fingerprint density at radius 2 is 2.17 bits per heavy atom. The van der Waals surface area contributed by atoms with E-state index >= 15 is 0 Å². The smallest absolute Gasteiger partial charge is 0.305 e. The first-order valence-electron chi connectivity index (χ1n) is 8.69. The van der Waals surface area contributed by atoms with Crippen molar-refractivity contribution in [1.29, 1.82) is 0 Å². The zero-order valence-electron chi connectivity index (χ0n) is 15.0. The Hall–Kier alpha value is -1.26. The Balaban J connectivity index is 2.57. The van der Waals surface area contributed by atoms with Gasteiger partial charge in [0.1, 0.15) is 0 Å². The van der Waals surface area contributed by atoms with E-state index in [9.17, 15) is 4.79 Å². The molecule has 0 aromatic rings. The highest BCUT2D eigenvalue weighted by Crippen LogP contribution is 2.45. The number of hydrogen-bond acceptors (Lipinski definition) is 4. The van der Waals surface area contributed by atoms with Crippen molar-refractivity contribution in [3.63, 3.8) is 0 Å². The van der Waals surface area contributed by atoms with E-state index in [0.717, 1.165) is 32.1 Å². The largest absolute Gasteiger partial charge is 0.466 e. The molecule has 0 spiro atoms. The van der Waals surface area contributed by atoms with Crippen molar-refractivity contribution >= 4 is 5.97 Å². The van der Waals surface area contributed by atoms with Crippen LogP contribution in [0.4, 0.5) is 0 Å². The third-order valence-electron chi connectivity index (χ3n) is 4.47. The average Bonchev–Trinajstić information content (AvgIpc) is 2.84. The Bertz CT molecular complexity index is 427. The topological polar surface area (TPSA) is 84.3 Å². The highest BCUT2D eigenvalue weighted by Gasteiger charge is 2.41. The molecule has 1 aliphatic rings. The zero-order chi connectivity index (χ0) is 17.3. The fraction of sp³-hybridized carbons (Fsp3) is 0.941. The molecule has 0 aromatic carbocycles. The summed E-state index contributed by atoms with van der Waals surface area (Å²) in [6, 6.07) is 0. The molecule has 1 rings (SSSR count). The molecule has 0 aromatic heterocycles. The van der Waals surface area contributed by atoms with Crippen molar-refractivity contribution in [3.05, 3.63) is 10.4 Å². The van der Waals surface area contributed by atoms with Gasteiger partial charge in [0.05, 0.1) is 17.7 Å². The molecule has 6 heteroatoms. The Morgan fingerprint density at radius 1 is 1.43 bits per heavy atom. The van der Waals surface area contributed by atoms with Gasteiger partial charge in [-0.1, -0.05) is 11.5 Å². The second kappa shape index (κ2) is 9.14. The highest BCUT2D eigenvalue weighted by atomic mass is 16.5. The number of nitrogens with zero attached hydrogens (tertiary/aromatic N) is 3. The summed E-state index contributed by atoms with van der Waals surface area (Å²) >= 11 is 0. The van der Waals surface area contributed by atoms with E-state index in [1.54, 1.807) is 6.92 Å². The number of rotatable bonds is 9. The number of azide groups is 1. The molecule has 1 aliphatic carbocycles. The summed E-state index contributed by atoms with van der Waals surface area (Å²) in [7, 11) is 0. The van der Waals surface area contributed by atoms with Gasteiger partial charge >= 0.3 is 5.97 Å². The second-order valence-electron chi connectivity index (χ2n) is 7.29. The summed E-state index contributed by atoms with van der Waals surface area (Å²) in [4.78, 5) is 14.7. The van der Waals surface area contributed by atoms with Gasteiger partial charge in [-0.05, 0) is 71.2 Å². The van der Waals surface area contributed by atoms with Crippen LogP contribution < -0.4 is 0 Å². The highest BCUT2D eigenvalue weighted by molar-refractivity contribution is 5.69. The van der Waals surface area contributed by atoms with E-state index in [0.29, 0.717) is 32.0 Å². The summed E-state index contributed by atoms with van der Waals surface area (Å²) in [6.45, 7) is 9.05. The normalized spacial score (nSPS) is 24.3. The molecule has 1 fully saturated rings. The van der Waals surface area contributed by atoms with Crippen molar-refractivity contribution in [2.75, 3.05) is 13.2 Å². The predicted octanol–water partition coefficient (Wildman–Crippen LogP) is 4.77. The molecule has 0 radical (unpaired) electrons. The SMILES string of the molecule is CCOC(=O)CCC1(N=[N+]=[N-])CCC[C@@H]1CCCOC(C)(C)C. The molecule has 132 valence electrons. The van der Waals surface area contributed by atoms with Crippen LogP contribution in [0.25, 0.3) is 10.4 Å². The molecule has 23 heavy (non-hydrogen) atoms. The minimum atomic E-state index is -0.427. The van der Waals surface area contributed by atoms with Gasteiger partial charge in [0.2, 0.25) is 0 Å². The molecule has 1 saturated carbocycles. The fourth-order valence-corrected chi connectivity index (χ4v) is 3.40. The van der Waals surface area contributed by atoms with Crippen LogP contribution in [0.1, 0.15) is 72.6 Å². The molecule has 0 bridgehead atoms. The molecule has 0 N–H and O–H groups in total. The van der Waals surface area contributed by atoms with Crippen molar-refractivity contribution in [3.8, 4) is 0 Å². The number of carbonyl (C=O) groups is 1. The molecular weight excluding hydrogens is 294 g/mol. The van der Waals surface area contributed by atoms with Gasteiger partial charge in [0, 0.05) is 17.9 Å². The summed E-state index contributed by atoms with van der Waals surface area (Å²) in [6.07, 6.45) is 5.79. The van der Waals surface area contributed by atoms with Gasteiger partial charge < -0.3 is 9.47 Å². The lowest BCUT2D eigenvalue weighted by Crippen LogP contribution is -2.32. The molecule has 2 atom stereocenters. The van der Waals surface area contributed by atoms with Crippen LogP contribution in [0.3, 0.4) is 0 Å². The first-order valence-corrected chi connectivity index (χ1v) is 8.69. The lowest BCUT2D eigenvalue weighted by Gasteiger charge is -2.31. The van der Waals surface area contributed by atoms with Crippen LogP contribution in [0.5, 0.6) is 0 Å². The Kier molecular flexibility index (Phi) is 7.86. The van der Waals surface area contributed by atoms with Crippen LogP contribution in [0.2, 0.25) is 0 Å². The third kappa shape index (κ3) is 6.80. The van der Waals surface area contributed by atoms with E-state index in [1.165, 1.54) is 0 Å². The minimum Gasteiger partial charge on any atom is -0.466 e. The molecule has 0 saturated heterocycles. The van der Waals surface area contributed by atoms with Crippen LogP contribution in [0, 0.1) is 5.92 Å². The number of carbonyl (C=O) groups excluding carboxylic acids is 1. The number of hydrogen-bond donors (Lipinski definition) is 0. The maximum Gasteiger partial charge on any atom is 0.305 e. The molecule has 0 heterocycles. The first kappa shape index (κ1) is 19.8. The third-order valence-corrected chi connectivity index (χ3v) is 4.47. The van der Waals surface area contributed by atoms with Crippen LogP contribution >= 0.6 is 0 Å². The number of esters is 1. The summed E-state index contributed by atoms with van der Waals surface area (Å²) < 4.78 is 10.8. The lowest BCUT2D eigenvalue weighted by molar-refractivity contribution is -0.143. The second-order valence-corrected chi connectivity index (χ2v) is 7.29. The van der Waals surface area contributed by atoms with Crippen molar-refractivity contribution < 1.29 is 14.3 Å². The number of ether oxygens (including phenoxy) is 2. The van der Waals surface area contributed by atoms with Gasteiger partial charge in [-0.3, -0.25) is 4.79 Å². The van der Waals surface area contributed by atoms with Gasteiger partial charge in [0.25, 0.3) is 0 Å². The molecule has 0 amide bonds. The summed E-state index contributed by atoms with van der Waals surface area (Å²) in [5.41, 5.74) is 8.42. The van der Waals surface area contributed by atoms with Gasteiger partial charge in [-0.25, -0.2) is 0 Å². The molecular formula is C17H31N3O3. The van der Waals surface area contributed by atoms with E-state index in [4.69, 9.17) is 15.0 Å². The molecule has 0 aliphatic heterocycles. The molecule has 6 nitrogen and oxygen atoms in total. The maximum absolute atomic E-state index is 11.6. The maximum atomic E-state index is 11.6. The van der Waals surface area contributed by atoms with E-state index in [1.807, 2.05) is 20.8 Å². The van der Waals surface area contributed by atoms with Crippen molar-refractivity contribution in [2.24, 2.45) is 11.0 Å². The van der Waals surface area contributed by atoms with Gasteiger partial charge in [-0.15, -0.1) is 0 Å². The monoisotopic (exact) mass is 325 g/mol. The van der Waals surface area contributed by atoms with Crippen molar-refractivity contribution in [1.82, 2.24) is 0 Å². The van der Waals surface area contributed by atoms with Gasteiger partial charge in [0.15, 0.2) is 0 Å². The Morgan fingerprint density at radius 3 is 2.78 bits per heavy atom. The molecule has 1 unspecified atom stereocenters. The van der Waals surface area contributed by atoms with E-state index in [2.05, 4.69) is 10.0 Å². The van der Waals surface area contributed by atoms with Crippen LogP contribution in [0.15, 0.2) is 5.11 Å².